The minimum absolute atomic E-state index is 0.702. The maximum absolute atomic E-state index is 10.6. The van der Waals surface area contributed by atoms with E-state index in [9.17, 15) is 4.79 Å². The molecule has 0 amide bonds. The molecule has 0 saturated heterocycles. The maximum Gasteiger partial charge on any atom is 0.328 e. The van der Waals surface area contributed by atoms with E-state index in [-0.39, 0.29) is 0 Å². The van der Waals surface area contributed by atoms with Crippen LogP contribution in [-0.4, -0.2) is 42.7 Å². The summed E-state index contributed by atoms with van der Waals surface area (Å²) in [5.41, 5.74) is 9.44. The van der Waals surface area contributed by atoms with Crippen LogP contribution in [0.5, 0.6) is 5.75 Å². The highest BCUT2D eigenvalue weighted by Crippen LogP contribution is 2.28. The van der Waals surface area contributed by atoms with Gasteiger partial charge in [-0.25, -0.2) is 4.79 Å². The van der Waals surface area contributed by atoms with Crippen LogP contribution in [0.1, 0.15) is 67.0 Å². The Hall–Kier alpha value is -4.15. The van der Waals surface area contributed by atoms with E-state index >= 15 is 0 Å². The van der Waals surface area contributed by atoms with Crippen LogP contribution in [0.3, 0.4) is 0 Å². The molecule has 0 aliphatic rings. The minimum Gasteiger partial charge on any atom is -0.496 e. The van der Waals surface area contributed by atoms with Crippen molar-refractivity contribution in [3.63, 3.8) is 0 Å². The molecule has 0 aliphatic heterocycles. The maximum atomic E-state index is 10.6. The largest absolute Gasteiger partial charge is 0.496 e. The number of methoxy groups -OCH3 is 1. The lowest BCUT2D eigenvalue weighted by Gasteiger charge is -2.20. The first-order valence-electron chi connectivity index (χ1n) is 16.0. The van der Waals surface area contributed by atoms with E-state index in [0.717, 1.165) is 23.4 Å². The van der Waals surface area contributed by atoms with Crippen molar-refractivity contribution < 1.29 is 14.6 Å². The third-order valence-corrected chi connectivity index (χ3v) is 7.92. The summed E-state index contributed by atoms with van der Waals surface area (Å²) >= 11 is 0. The zero-order chi connectivity index (χ0) is 33.0. The van der Waals surface area contributed by atoms with Gasteiger partial charge in [-0.05, 0) is 125 Å². The molecule has 0 saturated carbocycles. The fourth-order valence-corrected chi connectivity index (χ4v) is 5.13. The van der Waals surface area contributed by atoms with Gasteiger partial charge >= 0.3 is 5.97 Å². The number of aryl methyl sites for hydroxylation is 3. The van der Waals surface area contributed by atoms with Gasteiger partial charge in [0.2, 0.25) is 0 Å². The van der Waals surface area contributed by atoms with E-state index in [4.69, 9.17) is 9.84 Å². The Morgan fingerprint density at radius 3 is 1.87 bits per heavy atom. The first kappa shape index (κ1) is 37.0. The summed E-state index contributed by atoms with van der Waals surface area (Å²) in [6.45, 7) is 15.9. The van der Waals surface area contributed by atoms with Crippen molar-refractivity contribution in [2.45, 2.75) is 67.2 Å². The second-order valence-corrected chi connectivity index (χ2v) is 11.5. The van der Waals surface area contributed by atoms with E-state index in [2.05, 4.69) is 111 Å². The summed E-state index contributed by atoms with van der Waals surface area (Å²) < 4.78 is 5.40. The van der Waals surface area contributed by atoms with Crippen LogP contribution < -0.4 is 4.74 Å². The number of carbonyl (C=O) groups is 1. The molecule has 45 heavy (non-hydrogen) atoms. The number of ether oxygens (including phenoxy) is 1. The number of rotatable bonds is 15. The second-order valence-electron chi connectivity index (χ2n) is 11.5. The summed E-state index contributed by atoms with van der Waals surface area (Å²) in [6.07, 6.45) is 15.8. The third-order valence-electron chi connectivity index (χ3n) is 7.92. The molecule has 0 heterocycles. The first-order valence-corrected chi connectivity index (χ1v) is 16.0. The molecule has 0 fully saturated rings. The zero-order valence-corrected chi connectivity index (χ0v) is 28.5. The minimum atomic E-state index is -0.932. The number of nitrogens with zero attached hydrogens (tertiary/aromatic N) is 1. The van der Waals surface area contributed by atoms with E-state index < -0.39 is 5.97 Å². The van der Waals surface area contributed by atoms with Gasteiger partial charge in [0.1, 0.15) is 5.75 Å². The average Bonchev–Trinajstić information content (AvgIpc) is 3.03. The molecule has 0 spiro atoms. The van der Waals surface area contributed by atoms with E-state index in [1.165, 1.54) is 72.7 Å². The van der Waals surface area contributed by atoms with Gasteiger partial charge in [0.05, 0.1) is 7.11 Å². The van der Waals surface area contributed by atoms with Crippen molar-refractivity contribution in [3.05, 3.63) is 142 Å². The van der Waals surface area contributed by atoms with Gasteiger partial charge < -0.3 is 14.7 Å². The van der Waals surface area contributed by atoms with Gasteiger partial charge in [-0.15, -0.1) is 0 Å². The van der Waals surface area contributed by atoms with Crippen molar-refractivity contribution in [2.75, 3.05) is 26.7 Å². The van der Waals surface area contributed by atoms with Gasteiger partial charge in [-0.3, -0.25) is 0 Å². The molecule has 0 radical (unpaired) electrons. The van der Waals surface area contributed by atoms with Crippen molar-refractivity contribution in [1.82, 2.24) is 4.90 Å². The van der Waals surface area contributed by atoms with Gasteiger partial charge in [-0.1, -0.05) is 104 Å². The van der Waals surface area contributed by atoms with Gasteiger partial charge in [0.15, 0.2) is 0 Å². The van der Waals surface area contributed by atoms with Crippen LogP contribution in [0, 0.1) is 20.8 Å². The monoisotopic (exact) mass is 607 g/mol. The Kier molecular flexibility index (Phi) is 17.1. The predicted molar refractivity (Wildman–Crippen MR) is 192 cm³/mol. The molecule has 3 rings (SSSR count). The number of allylic oxidation sites excluding steroid dienone is 6. The van der Waals surface area contributed by atoms with Crippen LogP contribution in [0.2, 0.25) is 0 Å². The molecule has 4 nitrogen and oxygen atoms in total. The Labute approximate surface area is 272 Å². The fraction of sp³-hybridized carbons (Fsp3) is 0.341. The lowest BCUT2D eigenvalue weighted by Crippen LogP contribution is -2.26. The molecular formula is C41H53NO3. The molecule has 3 aromatic carbocycles. The number of carboxylic acids is 1. The number of carboxylic acid groups (broad SMARTS) is 1. The molecule has 0 aliphatic carbocycles. The smallest absolute Gasteiger partial charge is 0.328 e. The average molecular weight is 608 g/mol. The molecule has 4 heteroatoms. The molecule has 3 aromatic rings. The molecule has 0 atom stereocenters. The molecule has 0 aromatic heterocycles. The molecule has 240 valence electrons. The summed E-state index contributed by atoms with van der Waals surface area (Å²) in [7, 11) is 1.69. The third kappa shape index (κ3) is 14.5. The number of hydrogen-bond donors (Lipinski definition) is 1. The quantitative estimate of drug-likeness (QED) is 0.138. The summed E-state index contributed by atoms with van der Waals surface area (Å²) in [5, 5.41) is 8.67. The number of aliphatic carboxylic acids is 1. The zero-order valence-electron chi connectivity index (χ0n) is 28.5. The van der Waals surface area contributed by atoms with E-state index in [0.29, 0.717) is 5.57 Å². The normalized spacial score (nSPS) is 12.1. The molecule has 0 bridgehead atoms. The lowest BCUT2D eigenvalue weighted by atomic mass is 9.96. The van der Waals surface area contributed by atoms with E-state index in [1.54, 1.807) is 20.1 Å². The summed E-state index contributed by atoms with van der Waals surface area (Å²) in [5.74, 6) is -0.0170. The van der Waals surface area contributed by atoms with Crippen molar-refractivity contribution in [1.29, 1.82) is 0 Å². The highest BCUT2D eigenvalue weighted by Gasteiger charge is 2.08. The number of benzene rings is 3. The highest BCUT2D eigenvalue weighted by molar-refractivity contribution is 5.81. The number of hydrogen-bond acceptors (Lipinski definition) is 3. The van der Waals surface area contributed by atoms with Crippen LogP contribution in [0.4, 0.5) is 0 Å². The van der Waals surface area contributed by atoms with Crippen molar-refractivity contribution >= 4 is 12.0 Å². The first-order chi connectivity index (χ1) is 21.6. The SMILES string of the molecule is CCN(CCCc1ccccc1)CCCc1ccccc1.COc1cc(C)c(/C=C/C(C)=C/C=C/C(C)=C/C(=O)O)c(C)c1C. The summed E-state index contributed by atoms with van der Waals surface area (Å²) in [6, 6.07) is 23.7. The Balaban J connectivity index is 0.000000316. The standard InChI is InChI=1S/C21H26O3.C20H27N/c1-14(8-7-9-15(2)12-21(22)23)10-11-19-16(3)13-20(24-6)18(5)17(19)4;1-2-21(17-9-15-19-11-5-3-6-12-19)18-10-16-20-13-7-4-8-14-20/h7-13H,1-6H3,(H,22,23);3-8,11-14H,2,9-10,15-18H2,1H3/b9-7+,11-10+,14-8+,15-12+;. The highest BCUT2D eigenvalue weighted by atomic mass is 16.5. The Bertz CT molecular complexity index is 1390. The van der Waals surface area contributed by atoms with Crippen LogP contribution in [0.25, 0.3) is 6.08 Å². The molecule has 0 unspecified atom stereocenters. The van der Waals surface area contributed by atoms with Gasteiger partial charge in [0, 0.05) is 6.08 Å². The van der Waals surface area contributed by atoms with Crippen LogP contribution in [-0.2, 0) is 17.6 Å². The van der Waals surface area contributed by atoms with Gasteiger partial charge in [0.25, 0.3) is 0 Å². The van der Waals surface area contributed by atoms with Crippen LogP contribution >= 0.6 is 0 Å². The topological polar surface area (TPSA) is 49.8 Å². The van der Waals surface area contributed by atoms with Gasteiger partial charge in [-0.2, -0.15) is 0 Å². The molecule has 1 N–H and O–H groups in total. The van der Waals surface area contributed by atoms with Crippen molar-refractivity contribution in [2.24, 2.45) is 0 Å². The molecular weight excluding hydrogens is 554 g/mol. The van der Waals surface area contributed by atoms with E-state index in [1.807, 2.05) is 19.1 Å². The van der Waals surface area contributed by atoms with Crippen LogP contribution in [0.15, 0.2) is 108 Å². The Morgan fingerprint density at radius 1 is 0.822 bits per heavy atom. The Morgan fingerprint density at radius 2 is 1.38 bits per heavy atom. The predicted octanol–water partition coefficient (Wildman–Crippen LogP) is 9.74. The second kappa shape index (κ2) is 20.7. The fourth-order valence-electron chi connectivity index (χ4n) is 5.13. The lowest BCUT2D eigenvalue weighted by molar-refractivity contribution is -0.131. The van der Waals surface area contributed by atoms with Crippen molar-refractivity contribution in [3.8, 4) is 5.75 Å². The summed E-state index contributed by atoms with van der Waals surface area (Å²) in [4.78, 5) is 13.1.